The van der Waals surface area contributed by atoms with E-state index in [2.05, 4.69) is 20.5 Å². The second kappa shape index (κ2) is 5.99. The number of ether oxygens (including phenoxy) is 1. The molecule has 0 atom stereocenters. The van der Waals surface area contributed by atoms with E-state index in [1.807, 2.05) is 31.2 Å². The normalized spacial score (nSPS) is 10.8. The predicted octanol–water partition coefficient (Wildman–Crippen LogP) is 1.95. The number of nitrogens with zero attached hydrogens (tertiary/aromatic N) is 4. The molecule has 24 heavy (non-hydrogen) atoms. The van der Waals surface area contributed by atoms with E-state index in [-0.39, 0.29) is 11.6 Å². The standard InChI is InChI=1S/C14H14N6O4/c1-3-19-9-7-5-4-6-8(9)15-14(19)16-12(21)10-11(20(22)23)13(24-2)18-17-10/h4-7H,3H2,1-2H3,(H,17,18)(H,15,16,21). The fraction of sp³-hybridized carbons (Fsp3) is 0.214. The van der Waals surface area contributed by atoms with Crippen LogP contribution in [-0.2, 0) is 6.54 Å². The lowest BCUT2D eigenvalue weighted by Gasteiger charge is -2.06. The molecule has 1 amide bonds. The van der Waals surface area contributed by atoms with Gasteiger partial charge in [-0.3, -0.25) is 25.3 Å². The van der Waals surface area contributed by atoms with Crippen molar-refractivity contribution in [3.8, 4) is 5.88 Å². The zero-order valence-electron chi connectivity index (χ0n) is 12.9. The van der Waals surface area contributed by atoms with Crippen molar-refractivity contribution in [2.24, 2.45) is 0 Å². The van der Waals surface area contributed by atoms with E-state index in [4.69, 9.17) is 4.74 Å². The Bertz CT molecular complexity index is 929. The van der Waals surface area contributed by atoms with Crippen LogP contribution in [0, 0.1) is 10.1 Å². The highest BCUT2D eigenvalue weighted by atomic mass is 16.6. The third kappa shape index (κ3) is 2.43. The summed E-state index contributed by atoms with van der Waals surface area (Å²) in [6.45, 7) is 2.48. The van der Waals surface area contributed by atoms with Crippen molar-refractivity contribution < 1.29 is 14.5 Å². The molecule has 2 heterocycles. The van der Waals surface area contributed by atoms with Gasteiger partial charge in [-0.25, -0.2) is 4.98 Å². The van der Waals surface area contributed by atoms with E-state index in [1.54, 1.807) is 4.57 Å². The topological polar surface area (TPSA) is 128 Å². The maximum Gasteiger partial charge on any atom is 0.362 e. The zero-order valence-corrected chi connectivity index (χ0v) is 12.9. The molecular weight excluding hydrogens is 316 g/mol. The third-order valence-electron chi connectivity index (χ3n) is 3.51. The van der Waals surface area contributed by atoms with Gasteiger partial charge in [0.25, 0.3) is 5.91 Å². The number of H-pyrrole nitrogens is 1. The minimum absolute atomic E-state index is 0.255. The molecule has 2 N–H and O–H groups in total. The first-order valence-corrected chi connectivity index (χ1v) is 7.10. The number of para-hydroxylation sites is 2. The van der Waals surface area contributed by atoms with Crippen molar-refractivity contribution in [1.82, 2.24) is 19.7 Å². The van der Waals surface area contributed by atoms with E-state index in [0.29, 0.717) is 18.0 Å². The lowest BCUT2D eigenvalue weighted by Crippen LogP contribution is -2.17. The molecule has 10 heteroatoms. The average Bonchev–Trinajstić information content (AvgIpc) is 3.15. The van der Waals surface area contributed by atoms with E-state index < -0.39 is 16.5 Å². The summed E-state index contributed by atoms with van der Waals surface area (Å²) >= 11 is 0. The Morgan fingerprint density at radius 1 is 1.46 bits per heavy atom. The van der Waals surface area contributed by atoms with Crippen LogP contribution in [0.15, 0.2) is 24.3 Å². The number of hydrogen-bond acceptors (Lipinski definition) is 6. The van der Waals surface area contributed by atoms with Crippen LogP contribution in [0.5, 0.6) is 5.88 Å². The molecule has 3 aromatic rings. The van der Waals surface area contributed by atoms with Gasteiger partial charge in [0.2, 0.25) is 11.6 Å². The number of aromatic amines is 1. The molecule has 0 spiro atoms. The number of aryl methyl sites for hydroxylation is 1. The lowest BCUT2D eigenvalue weighted by molar-refractivity contribution is -0.386. The van der Waals surface area contributed by atoms with Crippen molar-refractivity contribution in [1.29, 1.82) is 0 Å². The molecule has 0 unspecified atom stereocenters. The van der Waals surface area contributed by atoms with E-state index in [0.717, 1.165) is 5.52 Å². The first kappa shape index (κ1) is 15.5. The quantitative estimate of drug-likeness (QED) is 0.543. The second-order valence-corrected chi connectivity index (χ2v) is 4.84. The molecule has 0 saturated carbocycles. The fourth-order valence-corrected chi connectivity index (χ4v) is 2.44. The number of carbonyl (C=O) groups is 1. The first-order valence-electron chi connectivity index (χ1n) is 7.10. The number of rotatable bonds is 5. The van der Waals surface area contributed by atoms with Crippen molar-refractivity contribution in [2.45, 2.75) is 13.5 Å². The van der Waals surface area contributed by atoms with Crippen molar-refractivity contribution >= 4 is 28.6 Å². The Kier molecular flexibility index (Phi) is 3.86. The van der Waals surface area contributed by atoms with Crippen LogP contribution in [0.25, 0.3) is 11.0 Å². The highest BCUT2D eigenvalue weighted by Crippen LogP contribution is 2.28. The number of hydrogen-bond donors (Lipinski definition) is 2. The molecule has 10 nitrogen and oxygen atoms in total. The van der Waals surface area contributed by atoms with Crippen LogP contribution in [0.2, 0.25) is 0 Å². The van der Waals surface area contributed by atoms with Gasteiger partial charge in [0.1, 0.15) is 0 Å². The minimum Gasteiger partial charge on any atom is -0.475 e. The number of nitro groups is 1. The Labute approximate surface area is 135 Å². The molecule has 2 aromatic heterocycles. The lowest BCUT2D eigenvalue weighted by atomic mass is 10.3. The average molecular weight is 330 g/mol. The van der Waals surface area contributed by atoms with Crippen molar-refractivity contribution in [3.63, 3.8) is 0 Å². The summed E-state index contributed by atoms with van der Waals surface area (Å²) in [5.74, 6) is -0.678. The van der Waals surface area contributed by atoms with Crippen LogP contribution < -0.4 is 10.1 Å². The van der Waals surface area contributed by atoms with Gasteiger partial charge in [-0.2, -0.15) is 0 Å². The van der Waals surface area contributed by atoms with E-state index >= 15 is 0 Å². The Hall–Kier alpha value is -3.43. The summed E-state index contributed by atoms with van der Waals surface area (Å²) in [4.78, 5) is 27.2. The Balaban J connectivity index is 1.99. The smallest absolute Gasteiger partial charge is 0.362 e. The highest BCUT2D eigenvalue weighted by Gasteiger charge is 2.30. The van der Waals surface area contributed by atoms with Gasteiger partial charge in [0.05, 0.1) is 23.1 Å². The number of carbonyl (C=O) groups excluding carboxylic acids is 1. The number of benzene rings is 1. The molecule has 1 aromatic carbocycles. The van der Waals surface area contributed by atoms with Crippen LogP contribution in [0.3, 0.4) is 0 Å². The van der Waals surface area contributed by atoms with Crippen LogP contribution in [0.4, 0.5) is 11.6 Å². The van der Waals surface area contributed by atoms with Gasteiger partial charge in [0, 0.05) is 6.54 Å². The minimum atomic E-state index is -0.722. The summed E-state index contributed by atoms with van der Waals surface area (Å²) in [6.07, 6.45) is 0. The third-order valence-corrected chi connectivity index (χ3v) is 3.51. The largest absolute Gasteiger partial charge is 0.475 e. The van der Waals surface area contributed by atoms with E-state index in [1.165, 1.54) is 7.11 Å². The molecule has 0 aliphatic rings. The summed E-state index contributed by atoms with van der Waals surface area (Å²) in [7, 11) is 1.24. The summed E-state index contributed by atoms with van der Waals surface area (Å²) in [5, 5.41) is 19.7. The first-order chi connectivity index (χ1) is 11.6. The zero-order chi connectivity index (χ0) is 17.3. The van der Waals surface area contributed by atoms with Gasteiger partial charge in [0.15, 0.2) is 0 Å². The number of aromatic nitrogens is 4. The molecule has 0 bridgehead atoms. The SMILES string of the molecule is CCn1c(NC(=O)c2[nH]nc(OC)c2[N+](=O)[O-])nc2ccccc21. The summed E-state index contributed by atoms with van der Waals surface area (Å²) in [6, 6.07) is 7.40. The van der Waals surface area contributed by atoms with Gasteiger partial charge >= 0.3 is 11.6 Å². The maximum absolute atomic E-state index is 12.4. The van der Waals surface area contributed by atoms with Gasteiger partial charge in [-0.15, -0.1) is 5.10 Å². The highest BCUT2D eigenvalue weighted by molar-refractivity contribution is 6.06. The molecule has 0 aliphatic heterocycles. The van der Waals surface area contributed by atoms with Gasteiger partial charge in [-0.1, -0.05) is 12.1 Å². The monoisotopic (exact) mass is 330 g/mol. The predicted molar refractivity (Wildman–Crippen MR) is 85.2 cm³/mol. The van der Waals surface area contributed by atoms with Crippen molar-refractivity contribution in [2.75, 3.05) is 12.4 Å². The molecule has 0 radical (unpaired) electrons. The fourth-order valence-electron chi connectivity index (χ4n) is 2.44. The van der Waals surface area contributed by atoms with Crippen LogP contribution in [-0.4, -0.2) is 37.7 Å². The summed E-state index contributed by atoms with van der Waals surface area (Å²) in [5.41, 5.74) is 0.749. The number of nitrogens with one attached hydrogen (secondary N) is 2. The molecule has 124 valence electrons. The van der Waals surface area contributed by atoms with Gasteiger partial charge < -0.3 is 9.30 Å². The van der Waals surface area contributed by atoms with Crippen LogP contribution in [0.1, 0.15) is 17.4 Å². The Morgan fingerprint density at radius 3 is 2.88 bits per heavy atom. The number of imidazole rings is 1. The number of amides is 1. The summed E-state index contributed by atoms with van der Waals surface area (Å²) < 4.78 is 6.59. The maximum atomic E-state index is 12.4. The molecule has 0 fully saturated rings. The molecular formula is C14H14N6O4. The number of fused-ring (bicyclic) bond motifs is 1. The molecule has 0 aliphatic carbocycles. The Morgan fingerprint density at radius 2 is 2.21 bits per heavy atom. The number of methoxy groups -OCH3 is 1. The van der Waals surface area contributed by atoms with Gasteiger partial charge in [-0.05, 0) is 19.1 Å². The number of anilines is 1. The van der Waals surface area contributed by atoms with Crippen LogP contribution >= 0.6 is 0 Å². The van der Waals surface area contributed by atoms with E-state index in [9.17, 15) is 14.9 Å². The van der Waals surface area contributed by atoms with Crippen molar-refractivity contribution in [3.05, 3.63) is 40.1 Å². The molecule has 3 rings (SSSR count). The second-order valence-electron chi connectivity index (χ2n) is 4.84. The molecule has 0 saturated heterocycles.